The van der Waals surface area contributed by atoms with Gasteiger partial charge < -0.3 is 9.47 Å². The highest BCUT2D eigenvalue weighted by Gasteiger charge is 2.05. The average molecular weight is 308 g/mol. The maximum Gasteiger partial charge on any atom is 0.223 e. The standard InChI is InChI=1S/C14H14BrNO2/c1-2-17-12-6-3-7-13(9-12)18-14-11(10-15)5-4-8-16-14/h3-9H,2,10H2,1H3. The maximum atomic E-state index is 5.77. The van der Waals surface area contributed by atoms with Gasteiger partial charge in [-0.1, -0.05) is 28.1 Å². The molecule has 0 amide bonds. The van der Waals surface area contributed by atoms with E-state index in [1.54, 1.807) is 6.20 Å². The zero-order chi connectivity index (χ0) is 12.8. The molecule has 1 aromatic heterocycles. The first-order valence-corrected chi connectivity index (χ1v) is 6.86. The Morgan fingerprint density at radius 1 is 1.17 bits per heavy atom. The third-order valence-electron chi connectivity index (χ3n) is 2.32. The molecule has 0 aliphatic rings. The average Bonchev–Trinajstić information content (AvgIpc) is 2.40. The minimum Gasteiger partial charge on any atom is -0.494 e. The first-order chi connectivity index (χ1) is 8.83. The summed E-state index contributed by atoms with van der Waals surface area (Å²) in [5, 5.41) is 0.710. The summed E-state index contributed by atoms with van der Waals surface area (Å²) < 4.78 is 11.2. The number of aromatic nitrogens is 1. The number of ether oxygens (including phenoxy) is 2. The Kier molecular flexibility index (Phi) is 4.59. The Morgan fingerprint density at radius 3 is 2.78 bits per heavy atom. The van der Waals surface area contributed by atoms with Gasteiger partial charge in [0, 0.05) is 23.2 Å². The van der Waals surface area contributed by atoms with Gasteiger partial charge in [0.05, 0.1) is 6.61 Å². The van der Waals surface area contributed by atoms with Crippen LogP contribution in [0.25, 0.3) is 0 Å². The molecule has 0 bridgehead atoms. The molecule has 0 aliphatic carbocycles. The second-order valence-corrected chi connectivity index (χ2v) is 4.17. The molecule has 0 unspecified atom stereocenters. The van der Waals surface area contributed by atoms with Crippen molar-refractivity contribution in [2.45, 2.75) is 12.3 Å². The molecule has 2 aromatic rings. The van der Waals surface area contributed by atoms with Crippen LogP contribution in [0.1, 0.15) is 12.5 Å². The van der Waals surface area contributed by atoms with Crippen molar-refractivity contribution in [3.8, 4) is 17.4 Å². The van der Waals surface area contributed by atoms with Crippen LogP contribution in [0.3, 0.4) is 0 Å². The van der Waals surface area contributed by atoms with Crippen molar-refractivity contribution in [2.24, 2.45) is 0 Å². The summed E-state index contributed by atoms with van der Waals surface area (Å²) in [5.41, 5.74) is 1.01. The van der Waals surface area contributed by atoms with Gasteiger partial charge in [0.25, 0.3) is 0 Å². The topological polar surface area (TPSA) is 31.4 Å². The van der Waals surface area contributed by atoms with Crippen molar-refractivity contribution >= 4 is 15.9 Å². The molecular formula is C14H14BrNO2. The molecule has 1 heterocycles. The van der Waals surface area contributed by atoms with E-state index in [0.717, 1.165) is 17.1 Å². The highest BCUT2D eigenvalue weighted by atomic mass is 79.9. The van der Waals surface area contributed by atoms with Crippen LogP contribution in [-0.4, -0.2) is 11.6 Å². The Hall–Kier alpha value is -1.55. The van der Waals surface area contributed by atoms with Crippen LogP contribution < -0.4 is 9.47 Å². The van der Waals surface area contributed by atoms with Gasteiger partial charge in [-0.05, 0) is 25.1 Å². The van der Waals surface area contributed by atoms with Crippen molar-refractivity contribution < 1.29 is 9.47 Å². The monoisotopic (exact) mass is 307 g/mol. The van der Waals surface area contributed by atoms with E-state index < -0.39 is 0 Å². The van der Waals surface area contributed by atoms with Crippen LogP contribution in [-0.2, 0) is 5.33 Å². The van der Waals surface area contributed by atoms with Crippen LogP contribution >= 0.6 is 15.9 Å². The van der Waals surface area contributed by atoms with Gasteiger partial charge >= 0.3 is 0 Å². The second-order valence-electron chi connectivity index (χ2n) is 3.61. The molecule has 0 saturated carbocycles. The lowest BCUT2D eigenvalue weighted by molar-refractivity contribution is 0.338. The minimum atomic E-state index is 0.614. The van der Waals surface area contributed by atoms with E-state index in [4.69, 9.17) is 9.47 Å². The molecule has 0 saturated heterocycles. The molecule has 2 rings (SSSR count). The predicted octanol–water partition coefficient (Wildman–Crippen LogP) is 4.17. The summed E-state index contributed by atoms with van der Waals surface area (Å²) in [6.07, 6.45) is 1.72. The highest BCUT2D eigenvalue weighted by Crippen LogP contribution is 2.27. The first kappa shape index (κ1) is 12.9. The zero-order valence-corrected chi connectivity index (χ0v) is 11.7. The SMILES string of the molecule is CCOc1cccc(Oc2ncccc2CBr)c1. The summed E-state index contributed by atoms with van der Waals surface area (Å²) in [5.74, 6) is 2.14. The second kappa shape index (κ2) is 6.40. The molecule has 0 N–H and O–H groups in total. The Balaban J connectivity index is 2.20. The van der Waals surface area contributed by atoms with E-state index in [9.17, 15) is 0 Å². The van der Waals surface area contributed by atoms with Crippen molar-refractivity contribution in [2.75, 3.05) is 6.61 Å². The smallest absolute Gasteiger partial charge is 0.223 e. The quantitative estimate of drug-likeness (QED) is 0.777. The molecule has 0 aliphatic heterocycles. The van der Waals surface area contributed by atoms with Gasteiger partial charge in [0.2, 0.25) is 5.88 Å². The summed E-state index contributed by atoms with van der Waals surface area (Å²) in [6, 6.07) is 11.4. The fraction of sp³-hybridized carbons (Fsp3) is 0.214. The Bertz CT molecular complexity index is 517. The Labute approximate surface area is 115 Å². The third kappa shape index (κ3) is 3.23. The van der Waals surface area contributed by atoms with Crippen LogP contribution in [0, 0.1) is 0 Å². The van der Waals surface area contributed by atoms with Crippen molar-refractivity contribution in [3.05, 3.63) is 48.2 Å². The molecule has 0 fully saturated rings. The van der Waals surface area contributed by atoms with Crippen molar-refractivity contribution in [3.63, 3.8) is 0 Å². The van der Waals surface area contributed by atoms with Gasteiger partial charge in [-0.25, -0.2) is 4.98 Å². The van der Waals surface area contributed by atoms with Gasteiger partial charge in [0.1, 0.15) is 11.5 Å². The summed E-state index contributed by atoms with van der Waals surface area (Å²) in [6.45, 7) is 2.59. The molecule has 0 atom stereocenters. The summed E-state index contributed by atoms with van der Waals surface area (Å²) >= 11 is 3.42. The number of hydrogen-bond acceptors (Lipinski definition) is 3. The lowest BCUT2D eigenvalue weighted by atomic mass is 10.3. The van der Waals surface area contributed by atoms with E-state index >= 15 is 0 Å². The normalized spacial score (nSPS) is 10.1. The number of benzene rings is 1. The van der Waals surface area contributed by atoms with Crippen LogP contribution in [0.15, 0.2) is 42.6 Å². The minimum absolute atomic E-state index is 0.614. The lowest BCUT2D eigenvalue weighted by Gasteiger charge is -2.09. The van der Waals surface area contributed by atoms with Crippen LogP contribution in [0.5, 0.6) is 17.4 Å². The van der Waals surface area contributed by atoms with Gasteiger partial charge in [-0.15, -0.1) is 0 Å². The van der Waals surface area contributed by atoms with Gasteiger partial charge in [0.15, 0.2) is 0 Å². The molecule has 94 valence electrons. The number of nitrogens with zero attached hydrogens (tertiary/aromatic N) is 1. The largest absolute Gasteiger partial charge is 0.494 e. The van der Waals surface area contributed by atoms with Crippen LogP contribution in [0.2, 0.25) is 0 Å². The van der Waals surface area contributed by atoms with E-state index in [0.29, 0.717) is 17.8 Å². The summed E-state index contributed by atoms with van der Waals surface area (Å²) in [7, 11) is 0. The molecule has 18 heavy (non-hydrogen) atoms. The number of rotatable bonds is 5. The van der Waals surface area contributed by atoms with Gasteiger partial charge in [-0.3, -0.25) is 0 Å². The highest BCUT2D eigenvalue weighted by molar-refractivity contribution is 9.08. The van der Waals surface area contributed by atoms with Crippen molar-refractivity contribution in [1.29, 1.82) is 0 Å². The molecule has 0 radical (unpaired) electrons. The number of halogens is 1. The fourth-order valence-electron chi connectivity index (χ4n) is 1.52. The molecule has 0 spiro atoms. The first-order valence-electron chi connectivity index (χ1n) is 5.74. The molecule has 1 aromatic carbocycles. The zero-order valence-electron chi connectivity index (χ0n) is 10.1. The van der Waals surface area contributed by atoms with Crippen LogP contribution in [0.4, 0.5) is 0 Å². The van der Waals surface area contributed by atoms with E-state index in [2.05, 4.69) is 20.9 Å². The molecular weight excluding hydrogens is 294 g/mol. The van der Waals surface area contributed by atoms with E-state index in [1.807, 2.05) is 43.3 Å². The molecule has 4 heteroatoms. The van der Waals surface area contributed by atoms with Gasteiger partial charge in [-0.2, -0.15) is 0 Å². The number of hydrogen-bond donors (Lipinski definition) is 0. The number of pyridine rings is 1. The Morgan fingerprint density at radius 2 is 2.00 bits per heavy atom. The molecule has 3 nitrogen and oxygen atoms in total. The third-order valence-corrected chi connectivity index (χ3v) is 2.93. The maximum absolute atomic E-state index is 5.77. The van der Waals surface area contributed by atoms with Crippen molar-refractivity contribution in [1.82, 2.24) is 4.98 Å². The number of alkyl halides is 1. The van der Waals surface area contributed by atoms with E-state index in [-0.39, 0.29) is 0 Å². The summed E-state index contributed by atoms with van der Waals surface area (Å²) in [4.78, 5) is 4.23. The fourth-order valence-corrected chi connectivity index (χ4v) is 1.95. The van der Waals surface area contributed by atoms with E-state index in [1.165, 1.54) is 0 Å². The predicted molar refractivity (Wildman–Crippen MR) is 74.6 cm³/mol. The lowest BCUT2D eigenvalue weighted by Crippen LogP contribution is -1.94.